The van der Waals surface area contributed by atoms with E-state index in [1.165, 1.54) is 49.5 Å². The van der Waals surface area contributed by atoms with Gasteiger partial charge < -0.3 is 19.7 Å². The number of nitrogens with one attached hydrogen (secondary N) is 1. The highest BCUT2D eigenvalue weighted by Crippen LogP contribution is 2.36. The molecule has 44 heavy (non-hydrogen) atoms. The lowest BCUT2D eigenvalue weighted by Crippen LogP contribution is -2.54. The van der Waals surface area contributed by atoms with Crippen molar-refractivity contribution in [3.63, 3.8) is 0 Å². The molecule has 0 saturated heterocycles. The molecule has 0 aliphatic heterocycles. The Morgan fingerprint density at radius 1 is 0.955 bits per heavy atom. The number of hydrogen-bond acceptors (Lipinski definition) is 6. The fourth-order valence-corrected chi connectivity index (χ4v) is 6.91. The first kappa shape index (κ1) is 32.8. The minimum Gasteiger partial charge on any atom is -0.497 e. The number of hydrogen-bond donors (Lipinski definition) is 1. The molecule has 1 saturated carbocycles. The van der Waals surface area contributed by atoms with Crippen molar-refractivity contribution in [1.29, 1.82) is 0 Å². The highest BCUT2D eigenvalue weighted by molar-refractivity contribution is 7.92. The molecule has 3 aromatic rings. The van der Waals surface area contributed by atoms with Crippen LogP contribution in [-0.2, 0) is 26.2 Å². The molecule has 236 valence electrons. The lowest BCUT2D eigenvalue weighted by Gasteiger charge is -2.34. The fourth-order valence-electron chi connectivity index (χ4n) is 5.47. The van der Waals surface area contributed by atoms with Crippen LogP contribution >= 0.6 is 0 Å². The summed E-state index contributed by atoms with van der Waals surface area (Å²) >= 11 is 0. The Morgan fingerprint density at radius 3 is 2.25 bits per heavy atom. The van der Waals surface area contributed by atoms with Crippen LogP contribution in [0.3, 0.4) is 0 Å². The van der Waals surface area contributed by atoms with E-state index in [9.17, 15) is 22.4 Å². The Morgan fingerprint density at radius 2 is 1.64 bits per heavy atom. The predicted molar refractivity (Wildman–Crippen MR) is 167 cm³/mol. The molecule has 1 atom stereocenters. The van der Waals surface area contributed by atoms with E-state index in [0.29, 0.717) is 17.7 Å². The Bertz CT molecular complexity index is 1510. The molecule has 9 nitrogen and oxygen atoms in total. The lowest BCUT2D eigenvalue weighted by molar-refractivity contribution is -0.140. The van der Waals surface area contributed by atoms with Crippen molar-refractivity contribution >= 4 is 27.5 Å². The van der Waals surface area contributed by atoms with Gasteiger partial charge in [0.05, 0.1) is 24.8 Å². The minimum absolute atomic E-state index is 0.0177. The summed E-state index contributed by atoms with van der Waals surface area (Å²) in [5.41, 5.74) is 0.700. The van der Waals surface area contributed by atoms with Crippen LogP contribution in [-0.4, -0.2) is 58.0 Å². The van der Waals surface area contributed by atoms with Crippen LogP contribution in [0.2, 0.25) is 0 Å². The molecule has 0 bridgehead atoms. The van der Waals surface area contributed by atoms with E-state index >= 15 is 0 Å². The second-order valence-corrected chi connectivity index (χ2v) is 12.6. The Kier molecular flexibility index (Phi) is 11.2. The summed E-state index contributed by atoms with van der Waals surface area (Å²) < 4.78 is 53.9. The highest BCUT2D eigenvalue weighted by atomic mass is 32.2. The molecule has 0 aromatic heterocycles. The van der Waals surface area contributed by atoms with E-state index in [1.807, 2.05) is 0 Å². The molecule has 11 heteroatoms. The van der Waals surface area contributed by atoms with Gasteiger partial charge in [0.25, 0.3) is 10.0 Å². The normalized spacial score (nSPS) is 14.4. The third-order valence-corrected chi connectivity index (χ3v) is 9.64. The molecular formula is C33H40FN3O6S. The average Bonchev–Trinajstić information content (AvgIpc) is 3.04. The number of rotatable bonds is 13. The van der Waals surface area contributed by atoms with Crippen LogP contribution in [0, 0.1) is 5.82 Å². The molecule has 4 rings (SSSR count). The number of anilines is 1. The van der Waals surface area contributed by atoms with Crippen LogP contribution in [0.15, 0.2) is 77.7 Å². The Labute approximate surface area is 259 Å². The maximum absolute atomic E-state index is 14.3. The Balaban J connectivity index is 1.76. The van der Waals surface area contributed by atoms with Gasteiger partial charge in [-0.25, -0.2) is 12.8 Å². The van der Waals surface area contributed by atoms with Gasteiger partial charge in [-0.1, -0.05) is 56.5 Å². The second-order valence-electron chi connectivity index (χ2n) is 10.8. The molecule has 1 aliphatic carbocycles. The van der Waals surface area contributed by atoms with Crippen molar-refractivity contribution in [2.24, 2.45) is 0 Å². The molecule has 0 radical (unpaired) electrons. The number of benzene rings is 3. The van der Waals surface area contributed by atoms with Crippen molar-refractivity contribution < 1.29 is 31.9 Å². The van der Waals surface area contributed by atoms with Gasteiger partial charge in [-0.15, -0.1) is 0 Å². The summed E-state index contributed by atoms with van der Waals surface area (Å²) in [4.78, 5) is 29.3. The summed E-state index contributed by atoms with van der Waals surface area (Å²) in [6, 6.07) is 17.3. The van der Waals surface area contributed by atoms with Crippen molar-refractivity contribution in [2.75, 3.05) is 25.1 Å². The zero-order valence-electron chi connectivity index (χ0n) is 25.4. The van der Waals surface area contributed by atoms with E-state index < -0.39 is 34.3 Å². The van der Waals surface area contributed by atoms with Crippen molar-refractivity contribution in [1.82, 2.24) is 10.2 Å². The molecule has 1 unspecified atom stereocenters. The van der Waals surface area contributed by atoms with Gasteiger partial charge in [0.15, 0.2) is 0 Å². The van der Waals surface area contributed by atoms with Crippen LogP contribution in [0.4, 0.5) is 10.1 Å². The second kappa shape index (κ2) is 15.1. The van der Waals surface area contributed by atoms with E-state index in [4.69, 9.17) is 9.47 Å². The number of amides is 2. The van der Waals surface area contributed by atoms with E-state index in [2.05, 4.69) is 5.32 Å². The van der Waals surface area contributed by atoms with Gasteiger partial charge in [0.2, 0.25) is 11.8 Å². The first-order valence-corrected chi connectivity index (χ1v) is 16.3. The number of carbonyl (C=O) groups excluding carboxylic acids is 2. The van der Waals surface area contributed by atoms with Crippen molar-refractivity contribution in [3.8, 4) is 11.5 Å². The number of methoxy groups -OCH3 is 2. The number of sulfonamides is 1. The van der Waals surface area contributed by atoms with Gasteiger partial charge >= 0.3 is 0 Å². The van der Waals surface area contributed by atoms with Crippen LogP contribution in [0.5, 0.6) is 11.5 Å². The van der Waals surface area contributed by atoms with Gasteiger partial charge in [-0.05, 0) is 61.2 Å². The van der Waals surface area contributed by atoms with Gasteiger partial charge in [0.1, 0.15) is 29.9 Å². The van der Waals surface area contributed by atoms with E-state index in [-0.39, 0.29) is 34.8 Å². The van der Waals surface area contributed by atoms with Gasteiger partial charge in [-0.2, -0.15) is 0 Å². The standard InChI is InChI=1S/C33H40FN3O6S/c1-4-29(33(39)35-26-11-7-5-8-12-26)36(22-24-15-17-25(34)18-16-24)32(38)23-37(44(40,41)28-13-9-6-10-14-28)30-21-27(42-2)19-20-31(30)43-3/h6,9-10,13-21,26,29H,4-5,7-8,11-12,22-23H2,1-3H3,(H,35,39). The lowest BCUT2D eigenvalue weighted by atomic mass is 9.95. The molecule has 1 N–H and O–H groups in total. The summed E-state index contributed by atoms with van der Waals surface area (Å²) in [7, 11) is -1.43. The summed E-state index contributed by atoms with van der Waals surface area (Å²) in [5.74, 6) is -0.761. The molecular weight excluding hydrogens is 585 g/mol. The van der Waals surface area contributed by atoms with Gasteiger partial charge in [0, 0.05) is 18.7 Å². The molecule has 1 fully saturated rings. The maximum Gasteiger partial charge on any atom is 0.264 e. The topological polar surface area (TPSA) is 105 Å². The minimum atomic E-state index is -4.29. The molecule has 3 aromatic carbocycles. The molecule has 0 spiro atoms. The number of nitrogens with zero attached hydrogens (tertiary/aromatic N) is 2. The number of ether oxygens (including phenoxy) is 2. The quantitative estimate of drug-likeness (QED) is 0.277. The number of halogens is 1. The maximum atomic E-state index is 14.3. The smallest absolute Gasteiger partial charge is 0.264 e. The first-order chi connectivity index (χ1) is 21.2. The molecule has 1 aliphatic rings. The van der Waals surface area contributed by atoms with E-state index in [1.54, 1.807) is 49.4 Å². The molecule has 2 amide bonds. The average molecular weight is 626 g/mol. The zero-order valence-corrected chi connectivity index (χ0v) is 26.2. The SMILES string of the molecule is CCC(C(=O)NC1CCCCC1)N(Cc1ccc(F)cc1)C(=O)CN(c1cc(OC)ccc1OC)S(=O)(=O)c1ccccc1. The number of carbonyl (C=O) groups is 2. The Hall–Kier alpha value is -4.12. The van der Waals surface area contributed by atoms with Crippen LogP contribution in [0.25, 0.3) is 0 Å². The molecule has 0 heterocycles. The third kappa shape index (κ3) is 7.88. The fraction of sp³-hybridized carbons (Fsp3) is 0.394. The van der Waals surface area contributed by atoms with Gasteiger partial charge in [-0.3, -0.25) is 13.9 Å². The highest BCUT2D eigenvalue weighted by Gasteiger charge is 2.35. The predicted octanol–water partition coefficient (Wildman–Crippen LogP) is 5.29. The third-order valence-electron chi connectivity index (χ3n) is 7.87. The monoisotopic (exact) mass is 625 g/mol. The van der Waals surface area contributed by atoms with Crippen molar-refractivity contribution in [3.05, 3.63) is 84.2 Å². The van der Waals surface area contributed by atoms with Crippen LogP contribution in [0.1, 0.15) is 51.0 Å². The largest absolute Gasteiger partial charge is 0.497 e. The van der Waals surface area contributed by atoms with Crippen molar-refractivity contribution in [2.45, 2.75) is 69.0 Å². The van der Waals surface area contributed by atoms with Crippen LogP contribution < -0.4 is 19.1 Å². The van der Waals surface area contributed by atoms with E-state index in [0.717, 1.165) is 36.4 Å². The summed E-state index contributed by atoms with van der Waals surface area (Å²) in [6.45, 7) is 1.15. The summed E-state index contributed by atoms with van der Waals surface area (Å²) in [5, 5.41) is 3.11. The summed E-state index contributed by atoms with van der Waals surface area (Å²) in [6.07, 6.45) is 5.19. The first-order valence-electron chi connectivity index (χ1n) is 14.8. The zero-order chi connectivity index (χ0) is 31.7.